The van der Waals surface area contributed by atoms with E-state index in [0.29, 0.717) is 6.54 Å². The summed E-state index contributed by atoms with van der Waals surface area (Å²) in [5.74, 6) is 0. The van der Waals surface area contributed by atoms with Crippen molar-refractivity contribution in [1.82, 2.24) is 0 Å². The first-order chi connectivity index (χ1) is 7.83. The minimum absolute atomic E-state index is 0.583. The Morgan fingerprint density at radius 1 is 0.750 bits per heavy atom. The predicted octanol–water partition coefficient (Wildman–Crippen LogP) is 5.06. The van der Waals surface area contributed by atoms with Crippen LogP contribution in [0.5, 0.6) is 0 Å². The summed E-state index contributed by atoms with van der Waals surface area (Å²) in [4.78, 5) is 0. The van der Waals surface area contributed by atoms with Crippen LogP contribution in [0.15, 0.2) is 12.7 Å². The van der Waals surface area contributed by atoms with Crippen molar-refractivity contribution in [1.29, 1.82) is 0 Å². The van der Waals surface area contributed by atoms with Gasteiger partial charge in [-0.25, -0.2) is 0 Å². The molecule has 0 spiro atoms. The number of hydrogen-bond acceptors (Lipinski definition) is 1. The zero-order valence-electron chi connectivity index (χ0n) is 11.6. The molecule has 0 rings (SSSR count). The van der Waals surface area contributed by atoms with Crippen LogP contribution in [-0.2, 0) is 0 Å². The molecule has 0 heterocycles. The number of rotatable bonds is 10. The minimum atomic E-state index is 0.583. The summed E-state index contributed by atoms with van der Waals surface area (Å²) in [5.41, 5.74) is 4.91. The van der Waals surface area contributed by atoms with E-state index in [0.717, 1.165) is 0 Å². The fourth-order valence-corrected chi connectivity index (χ4v) is 1.56. The zero-order chi connectivity index (χ0) is 12.5. The van der Waals surface area contributed by atoms with E-state index >= 15 is 0 Å². The summed E-state index contributed by atoms with van der Waals surface area (Å²) >= 11 is 0. The van der Waals surface area contributed by atoms with E-state index in [2.05, 4.69) is 20.4 Å². The van der Waals surface area contributed by atoms with Gasteiger partial charge in [0.2, 0.25) is 0 Å². The Hall–Kier alpha value is -0.300. The molecule has 16 heavy (non-hydrogen) atoms. The van der Waals surface area contributed by atoms with Crippen molar-refractivity contribution in [2.24, 2.45) is 5.73 Å². The van der Waals surface area contributed by atoms with Gasteiger partial charge in [0, 0.05) is 6.54 Å². The summed E-state index contributed by atoms with van der Waals surface area (Å²) in [7, 11) is 0. The maximum atomic E-state index is 4.91. The topological polar surface area (TPSA) is 26.0 Å². The third-order valence-corrected chi connectivity index (χ3v) is 2.62. The zero-order valence-corrected chi connectivity index (χ0v) is 11.6. The predicted molar refractivity (Wildman–Crippen MR) is 76.8 cm³/mol. The highest BCUT2D eigenvalue weighted by Crippen LogP contribution is 2.09. The van der Waals surface area contributed by atoms with Gasteiger partial charge in [0.25, 0.3) is 0 Å². The van der Waals surface area contributed by atoms with E-state index in [1.54, 1.807) is 6.08 Å². The highest BCUT2D eigenvalue weighted by Gasteiger charge is 1.90. The van der Waals surface area contributed by atoms with Crippen molar-refractivity contribution in [2.45, 2.75) is 78.1 Å². The van der Waals surface area contributed by atoms with E-state index < -0.39 is 0 Å². The fraction of sp³-hybridized carbons (Fsp3) is 0.867. The van der Waals surface area contributed by atoms with Crippen molar-refractivity contribution >= 4 is 0 Å². The normalized spacial score (nSPS) is 9.44. The van der Waals surface area contributed by atoms with Crippen molar-refractivity contribution < 1.29 is 0 Å². The molecule has 0 bridgehead atoms. The van der Waals surface area contributed by atoms with Gasteiger partial charge >= 0.3 is 0 Å². The molecular weight excluding hydrogens is 194 g/mol. The molecule has 98 valence electrons. The lowest BCUT2D eigenvalue weighted by atomic mass is 10.1. The number of nitrogens with two attached hydrogens (primary N) is 1. The minimum Gasteiger partial charge on any atom is -0.327 e. The quantitative estimate of drug-likeness (QED) is 0.410. The van der Waals surface area contributed by atoms with Gasteiger partial charge in [-0.1, -0.05) is 84.1 Å². The van der Waals surface area contributed by atoms with Gasteiger partial charge in [-0.3, -0.25) is 0 Å². The third kappa shape index (κ3) is 23.5. The van der Waals surface area contributed by atoms with Gasteiger partial charge < -0.3 is 5.73 Å². The van der Waals surface area contributed by atoms with Crippen LogP contribution in [-0.4, -0.2) is 6.54 Å². The van der Waals surface area contributed by atoms with Crippen LogP contribution in [0.25, 0.3) is 0 Å². The first-order valence-corrected chi connectivity index (χ1v) is 7.14. The van der Waals surface area contributed by atoms with E-state index in [1.807, 2.05) is 0 Å². The molecule has 1 heteroatoms. The molecule has 1 nitrogen and oxygen atoms in total. The van der Waals surface area contributed by atoms with Crippen LogP contribution in [0.2, 0.25) is 0 Å². The van der Waals surface area contributed by atoms with Gasteiger partial charge in [-0.15, -0.1) is 6.58 Å². The van der Waals surface area contributed by atoms with Crippen LogP contribution in [0.3, 0.4) is 0 Å². The molecule has 0 radical (unpaired) electrons. The summed E-state index contributed by atoms with van der Waals surface area (Å²) in [6, 6.07) is 0. The Labute approximate surface area is 104 Å². The van der Waals surface area contributed by atoms with Crippen molar-refractivity contribution in [3.8, 4) is 0 Å². The molecule has 0 aromatic heterocycles. The molecule has 0 aliphatic heterocycles. The van der Waals surface area contributed by atoms with Gasteiger partial charge in [-0.05, 0) is 0 Å². The van der Waals surface area contributed by atoms with E-state index in [-0.39, 0.29) is 0 Å². The van der Waals surface area contributed by atoms with Crippen molar-refractivity contribution in [3.05, 3.63) is 12.7 Å². The standard InChI is InChI=1S/C12H26.C3H7N/c1-3-5-7-9-11-12-10-8-6-4-2;1-2-3-4/h3-12H2,1-2H3;2H,1,3-4H2. The number of unbranched alkanes of at least 4 members (excludes halogenated alkanes) is 9. The molecule has 0 atom stereocenters. The Balaban J connectivity index is 0. The highest BCUT2D eigenvalue weighted by molar-refractivity contribution is 4.64. The lowest BCUT2D eigenvalue weighted by Crippen LogP contribution is -1.90. The second-order valence-corrected chi connectivity index (χ2v) is 4.35. The number of hydrogen-bond donors (Lipinski definition) is 1. The average Bonchev–Trinajstić information content (AvgIpc) is 2.33. The van der Waals surface area contributed by atoms with Gasteiger partial charge in [-0.2, -0.15) is 0 Å². The summed E-state index contributed by atoms with van der Waals surface area (Å²) in [6.07, 6.45) is 16.1. The van der Waals surface area contributed by atoms with Gasteiger partial charge in [0.1, 0.15) is 0 Å². The molecule has 0 unspecified atom stereocenters. The highest BCUT2D eigenvalue weighted by atomic mass is 14.5. The van der Waals surface area contributed by atoms with Crippen LogP contribution in [0.1, 0.15) is 78.1 Å². The maximum Gasteiger partial charge on any atom is 0.0104 e. The van der Waals surface area contributed by atoms with E-state index in [9.17, 15) is 0 Å². The van der Waals surface area contributed by atoms with E-state index in [4.69, 9.17) is 5.73 Å². The average molecular weight is 227 g/mol. The van der Waals surface area contributed by atoms with Crippen LogP contribution >= 0.6 is 0 Å². The summed E-state index contributed by atoms with van der Waals surface area (Å²) < 4.78 is 0. The molecule has 0 aliphatic rings. The SMILES string of the molecule is C=CCN.CCCCCCCCCCCC. The first kappa shape index (κ1) is 18.1. The maximum absolute atomic E-state index is 4.91. The Morgan fingerprint density at radius 3 is 1.19 bits per heavy atom. The second kappa shape index (κ2) is 20.2. The second-order valence-electron chi connectivity index (χ2n) is 4.35. The molecular formula is C15H33N. The van der Waals surface area contributed by atoms with Crippen LogP contribution in [0.4, 0.5) is 0 Å². The molecule has 0 aromatic carbocycles. The smallest absolute Gasteiger partial charge is 0.0104 e. The van der Waals surface area contributed by atoms with Crippen LogP contribution in [0, 0.1) is 0 Å². The lowest BCUT2D eigenvalue weighted by molar-refractivity contribution is 0.562. The molecule has 0 amide bonds. The Kier molecular flexibility index (Phi) is 22.8. The summed E-state index contributed by atoms with van der Waals surface area (Å²) in [6.45, 7) is 8.50. The third-order valence-electron chi connectivity index (χ3n) is 2.62. The Morgan fingerprint density at radius 2 is 1.00 bits per heavy atom. The van der Waals surface area contributed by atoms with Crippen molar-refractivity contribution in [2.75, 3.05) is 6.54 Å². The monoisotopic (exact) mass is 227 g/mol. The fourth-order valence-electron chi connectivity index (χ4n) is 1.56. The lowest BCUT2D eigenvalue weighted by Gasteiger charge is -1.99. The van der Waals surface area contributed by atoms with Gasteiger partial charge in [0.15, 0.2) is 0 Å². The molecule has 2 N–H and O–H groups in total. The molecule has 0 saturated carbocycles. The van der Waals surface area contributed by atoms with E-state index in [1.165, 1.54) is 64.2 Å². The first-order valence-electron chi connectivity index (χ1n) is 7.14. The molecule has 0 fully saturated rings. The molecule has 0 saturated heterocycles. The largest absolute Gasteiger partial charge is 0.327 e. The van der Waals surface area contributed by atoms with Crippen LogP contribution < -0.4 is 5.73 Å². The Bertz CT molecular complexity index is 100. The molecule has 0 aliphatic carbocycles. The van der Waals surface area contributed by atoms with Gasteiger partial charge in [0.05, 0.1) is 0 Å². The molecule has 0 aromatic rings. The van der Waals surface area contributed by atoms with Crippen molar-refractivity contribution in [3.63, 3.8) is 0 Å². The summed E-state index contributed by atoms with van der Waals surface area (Å²) in [5, 5.41) is 0.